The summed E-state index contributed by atoms with van der Waals surface area (Å²) in [5, 5.41) is 3.30. The van der Waals surface area contributed by atoms with Crippen molar-refractivity contribution in [3.8, 4) is 5.75 Å². The number of hydrogen-bond acceptors (Lipinski definition) is 5. The third-order valence-corrected chi connectivity index (χ3v) is 3.19. The number of aromatic nitrogens is 2. The van der Waals surface area contributed by atoms with Crippen molar-refractivity contribution < 1.29 is 4.74 Å². The lowest BCUT2D eigenvalue weighted by Crippen LogP contribution is -2.23. The Morgan fingerprint density at radius 2 is 1.86 bits per heavy atom. The van der Waals surface area contributed by atoms with Gasteiger partial charge in [0.05, 0.1) is 12.3 Å². The Morgan fingerprint density at radius 3 is 2.57 bits per heavy atom. The molecule has 0 aliphatic rings. The van der Waals surface area contributed by atoms with Gasteiger partial charge >= 0.3 is 0 Å². The summed E-state index contributed by atoms with van der Waals surface area (Å²) in [6, 6.07) is 9.80. The molecule has 2 aromatic rings. The lowest BCUT2D eigenvalue weighted by atomic mass is 10.3. The number of ether oxygens (including phenoxy) is 1. The fraction of sp³-hybridized carbons (Fsp3) is 0.375. The second-order valence-corrected chi connectivity index (χ2v) is 4.49. The summed E-state index contributed by atoms with van der Waals surface area (Å²) in [5.74, 6) is 2.51. The van der Waals surface area contributed by atoms with Crippen LogP contribution in [0.2, 0.25) is 0 Å². The average molecular weight is 286 g/mol. The van der Waals surface area contributed by atoms with Gasteiger partial charge in [-0.15, -0.1) is 0 Å². The lowest BCUT2D eigenvalue weighted by molar-refractivity contribution is 0.342. The van der Waals surface area contributed by atoms with E-state index in [9.17, 15) is 0 Å². The quantitative estimate of drug-likeness (QED) is 0.844. The molecule has 1 N–H and O–H groups in total. The molecule has 1 aromatic heterocycles. The summed E-state index contributed by atoms with van der Waals surface area (Å²) in [5.41, 5.74) is 0.906. The van der Waals surface area contributed by atoms with Crippen LogP contribution in [-0.2, 0) is 0 Å². The monoisotopic (exact) mass is 286 g/mol. The minimum Gasteiger partial charge on any atom is -0.492 e. The van der Waals surface area contributed by atoms with Crippen molar-refractivity contribution >= 4 is 17.3 Å². The third kappa shape index (κ3) is 3.84. The minimum atomic E-state index is 0.632. The van der Waals surface area contributed by atoms with Crippen LogP contribution >= 0.6 is 0 Å². The molecule has 0 saturated heterocycles. The number of para-hydroxylation sites is 2. The third-order valence-electron chi connectivity index (χ3n) is 3.19. The molecule has 0 aliphatic carbocycles. The van der Waals surface area contributed by atoms with Gasteiger partial charge in [-0.05, 0) is 32.9 Å². The van der Waals surface area contributed by atoms with Crippen molar-refractivity contribution in [2.45, 2.75) is 20.8 Å². The van der Waals surface area contributed by atoms with Gasteiger partial charge in [-0.25, -0.2) is 9.97 Å². The fourth-order valence-electron chi connectivity index (χ4n) is 2.13. The van der Waals surface area contributed by atoms with Crippen LogP contribution in [0.4, 0.5) is 17.3 Å². The first kappa shape index (κ1) is 15.1. The van der Waals surface area contributed by atoms with E-state index in [0.717, 1.165) is 36.2 Å². The maximum atomic E-state index is 5.61. The first-order valence-electron chi connectivity index (χ1n) is 7.34. The molecular weight excluding hydrogens is 264 g/mol. The smallest absolute Gasteiger partial charge is 0.142 e. The van der Waals surface area contributed by atoms with E-state index in [4.69, 9.17) is 4.74 Å². The summed E-state index contributed by atoms with van der Waals surface area (Å²) in [4.78, 5) is 10.8. The van der Waals surface area contributed by atoms with E-state index in [2.05, 4.69) is 34.0 Å². The first-order chi connectivity index (χ1) is 10.3. The van der Waals surface area contributed by atoms with Crippen LogP contribution in [0.1, 0.15) is 20.8 Å². The maximum Gasteiger partial charge on any atom is 0.142 e. The molecule has 1 heterocycles. The molecule has 5 nitrogen and oxygen atoms in total. The summed E-state index contributed by atoms with van der Waals surface area (Å²) in [7, 11) is 0. The fourth-order valence-corrected chi connectivity index (χ4v) is 2.13. The molecule has 0 saturated carbocycles. The molecule has 112 valence electrons. The zero-order chi connectivity index (χ0) is 15.1. The van der Waals surface area contributed by atoms with Crippen molar-refractivity contribution in [2.75, 3.05) is 29.9 Å². The molecule has 0 bridgehead atoms. The molecule has 0 amide bonds. The number of anilines is 3. The molecule has 2 rings (SSSR count). The van der Waals surface area contributed by atoms with Gasteiger partial charge in [0.25, 0.3) is 0 Å². The Bertz CT molecular complexity index is 570. The Morgan fingerprint density at radius 1 is 1.10 bits per heavy atom. The zero-order valence-corrected chi connectivity index (χ0v) is 12.8. The zero-order valence-electron chi connectivity index (χ0n) is 12.8. The Balaban J connectivity index is 2.22. The maximum absolute atomic E-state index is 5.61. The minimum absolute atomic E-state index is 0.632. The highest BCUT2D eigenvalue weighted by atomic mass is 16.5. The van der Waals surface area contributed by atoms with Crippen LogP contribution in [0.5, 0.6) is 5.75 Å². The normalized spacial score (nSPS) is 10.2. The average Bonchev–Trinajstić information content (AvgIpc) is 2.51. The van der Waals surface area contributed by atoms with Crippen molar-refractivity contribution in [1.82, 2.24) is 9.97 Å². The van der Waals surface area contributed by atoms with Crippen LogP contribution in [0, 0.1) is 0 Å². The van der Waals surface area contributed by atoms with Gasteiger partial charge in [-0.3, -0.25) is 0 Å². The number of nitrogens with zero attached hydrogens (tertiary/aromatic N) is 3. The van der Waals surface area contributed by atoms with Crippen molar-refractivity contribution in [1.29, 1.82) is 0 Å². The summed E-state index contributed by atoms with van der Waals surface area (Å²) >= 11 is 0. The Labute approximate surface area is 126 Å². The van der Waals surface area contributed by atoms with Gasteiger partial charge in [-0.2, -0.15) is 0 Å². The van der Waals surface area contributed by atoms with Gasteiger partial charge < -0.3 is 15.0 Å². The van der Waals surface area contributed by atoms with Gasteiger partial charge in [0.15, 0.2) is 0 Å². The second-order valence-electron chi connectivity index (χ2n) is 4.49. The highest BCUT2D eigenvalue weighted by Gasteiger charge is 2.07. The van der Waals surface area contributed by atoms with Crippen molar-refractivity contribution in [2.24, 2.45) is 0 Å². The molecule has 0 atom stereocenters. The van der Waals surface area contributed by atoms with Crippen LogP contribution in [0.3, 0.4) is 0 Å². The first-order valence-corrected chi connectivity index (χ1v) is 7.34. The van der Waals surface area contributed by atoms with E-state index in [0.29, 0.717) is 6.61 Å². The van der Waals surface area contributed by atoms with E-state index >= 15 is 0 Å². The molecular formula is C16H22N4O. The molecule has 0 aliphatic heterocycles. The molecule has 5 heteroatoms. The number of rotatable bonds is 7. The molecule has 0 radical (unpaired) electrons. The van der Waals surface area contributed by atoms with Gasteiger partial charge in [0.1, 0.15) is 23.7 Å². The topological polar surface area (TPSA) is 50.3 Å². The van der Waals surface area contributed by atoms with E-state index in [-0.39, 0.29) is 0 Å². The Hall–Kier alpha value is -2.30. The summed E-state index contributed by atoms with van der Waals surface area (Å²) < 4.78 is 5.61. The van der Waals surface area contributed by atoms with Crippen LogP contribution in [-0.4, -0.2) is 29.7 Å². The lowest BCUT2D eigenvalue weighted by Gasteiger charge is -2.20. The Kier molecular flexibility index (Phi) is 5.37. The van der Waals surface area contributed by atoms with E-state index in [1.54, 1.807) is 6.33 Å². The molecule has 21 heavy (non-hydrogen) atoms. The molecule has 0 unspecified atom stereocenters. The van der Waals surface area contributed by atoms with Crippen molar-refractivity contribution in [3.63, 3.8) is 0 Å². The molecule has 0 fully saturated rings. The van der Waals surface area contributed by atoms with E-state index in [1.165, 1.54) is 0 Å². The number of nitrogens with one attached hydrogen (secondary N) is 1. The highest BCUT2D eigenvalue weighted by Crippen LogP contribution is 2.27. The summed E-state index contributed by atoms with van der Waals surface area (Å²) in [6.07, 6.45) is 1.58. The molecule has 0 spiro atoms. The number of hydrogen-bond donors (Lipinski definition) is 1. The predicted molar refractivity (Wildman–Crippen MR) is 86.5 cm³/mol. The van der Waals surface area contributed by atoms with Crippen LogP contribution in [0.15, 0.2) is 36.7 Å². The standard InChI is InChI=1S/C16H22N4O/c1-4-20(5-2)16-11-15(17-12-18-16)19-13-9-7-8-10-14(13)21-6-3/h7-12H,4-6H2,1-3H3,(H,17,18,19). The highest BCUT2D eigenvalue weighted by molar-refractivity contribution is 5.65. The second kappa shape index (κ2) is 7.47. The van der Waals surface area contributed by atoms with E-state index in [1.807, 2.05) is 37.3 Å². The van der Waals surface area contributed by atoms with Crippen molar-refractivity contribution in [3.05, 3.63) is 36.7 Å². The molecule has 1 aromatic carbocycles. The van der Waals surface area contributed by atoms with Gasteiger partial charge in [0.2, 0.25) is 0 Å². The van der Waals surface area contributed by atoms with Gasteiger partial charge in [-0.1, -0.05) is 12.1 Å². The largest absolute Gasteiger partial charge is 0.492 e. The number of benzene rings is 1. The SMILES string of the molecule is CCOc1ccccc1Nc1cc(N(CC)CC)ncn1. The van der Waals surface area contributed by atoms with Crippen LogP contribution < -0.4 is 15.0 Å². The predicted octanol–water partition coefficient (Wildman–Crippen LogP) is 3.47. The van der Waals surface area contributed by atoms with E-state index < -0.39 is 0 Å². The summed E-state index contributed by atoms with van der Waals surface area (Å²) in [6.45, 7) is 8.67. The van der Waals surface area contributed by atoms with Gasteiger partial charge in [0, 0.05) is 19.2 Å². The van der Waals surface area contributed by atoms with Crippen LogP contribution in [0.25, 0.3) is 0 Å².